The van der Waals surface area contributed by atoms with Crippen LogP contribution < -0.4 is 11.3 Å². The Kier molecular flexibility index (Phi) is 6.98. The summed E-state index contributed by atoms with van der Waals surface area (Å²) in [6.07, 6.45) is 9.27. The molecule has 4 rings (SSSR count). The summed E-state index contributed by atoms with van der Waals surface area (Å²) < 4.78 is 0. The Labute approximate surface area is 195 Å². The smallest absolute Gasteiger partial charge is 0.252 e. The molecule has 33 heavy (non-hydrogen) atoms. The van der Waals surface area contributed by atoms with Crippen molar-refractivity contribution in [3.05, 3.63) is 63.5 Å². The van der Waals surface area contributed by atoms with Gasteiger partial charge in [-0.3, -0.25) is 15.1 Å². The Morgan fingerprint density at radius 1 is 1.27 bits per heavy atom. The summed E-state index contributed by atoms with van der Waals surface area (Å²) in [6, 6.07) is 9.77. The minimum absolute atomic E-state index is 0.0940. The van der Waals surface area contributed by atoms with E-state index in [1.165, 1.54) is 31.2 Å². The number of piperidine rings is 1. The number of nitrogens with two attached hydrogens (primary N) is 1. The maximum absolute atomic E-state index is 12.9. The van der Waals surface area contributed by atoms with Gasteiger partial charge in [-0.05, 0) is 50.8 Å². The summed E-state index contributed by atoms with van der Waals surface area (Å²) in [4.78, 5) is 25.9. The molecule has 7 heteroatoms. The lowest BCUT2D eigenvalue weighted by atomic mass is 9.88. The van der Waals surface area contributed by atoms with Crippen LogP contribution in [0, 0.1) is 5.41 Å². The van der Waals surface area contributed by atoms with Crippen LogP contribution in [0.3, 0.4) is 0 Å². The number of benzene rings is 1. The predicted molar refractivity (Wildman–Crippen MR) is 134 cm³/mol. The number of hydrogen-bond donors (Lipinski definition) is 4. The molecule has 1 aromatic carbocycles. The first-order valence-electron chi connectivity index (χ1n) is 12.2. The fraction of sp³-hybridized carbons (Fsp3) is 0.500. The highest BCUT2D eigenvalue weighted by molar-refractivity contribution is 5.91. The van der Waals surface area contributed by atoms with E-state index in [4.69, 9.17) is 11.1 Å². The molecule has 3 aromatic rings. The van der Waals surface area contributed by atoms with Crippen LogP contribution in [0.25, 0.3) is 10.9 Å². The summed E-state index contributed by atoms with van der Waals surface area (Å²) in [6.45, 7) is 6.97. The summed E-state index contributed by atoms with van der Waals surface area (Å²) in [7, 11) is 0. The minimum Gasteiger partial charge on any atom is -0.381 e. The number of nitrogens with one attached hydrogen (secondary N) is 3. The van der Waals surface area contributed by atoms with E-state index in [0.29, 0.717) is 35.9 Å². The van der Waals surface area contributed by atoms with Crippen LogP contribution in [-0.4, -0.2) is 37.8 Å². The molecule has 0 saturated carbocycles. The zero-order chi connectivity index (χ0) is 23.5. The monoisotopic (exact) mass is 448 g/mol. The van der Waals surface area contributed by atoms with Gasteiger partial charge in [-0.2, -0.15) is 0 Å². The molecule has 0 spiro atoms. The number of hydrogen-bond acceptors (Lipinski definition) is 4. The van der Waals surface area contributed by atoms with Gasteiger partial charge < -0.3 is 15.7 Å². The molecule has 1 saturated heterocycles. The van der Waals surface area contributed by atoms with Crippen LogP contribution in [-0.2, 0) is 6.42 Å². The summed E-state index contributed by atoms with van der Waals surface area (Å²) in [5, 5.41) is 8.67. The summed E-state index contributed by atoms with van der Waals surface area (Å²) in [5.41, 5.74) is 9.07. The Balaban J connectivity index is 1.77. The number of imidazole rings is 1. The third-order valence-electron chi connectivity index (χ3n) is 7.07. The van der Waals surface area contributed by atoms with Crippen LogP contribution in [0.15, 0.2) is 35.3 Å². The van der Waals surface area contributed by atoms with E-state index in [2.05, 4.69) is 58.8 Å². The van der Waals surface area contributed by atoms with E-state index in [0.717, 1.165) is 29.4 Å². The van der Waals surface area contributed by atoms with E-state index in [1.54, 1.807) is 6.20 Å². The number of H-pyrrole nitrogens is 2. The normalized spacial score (nSPS) is 20.2. The quantitative estimate of drug-likeness (QED) is 0.297. The van der Waals surface area contributed by atoms with Gasteiger partial charge >= 0.3 is 0 Å². The van der Waals surface area contributed by atoms with Gasteiger partial charge in [-0.15, -0.1) is 0 Å². The number of unbranched alkanes of at least 4 members (excludes halogenated alkanes) is 1. The average molecular weight is 449 g/mol. The number of likely N-dealkylation sites (tertiary alicyclic amines) is 1. The first-order valence-corrected chi connectivity index (χ1v) is 12.2. The first kappa shape index (κ1) is 23.2. The second-order valence-electron chi connectivity index (χ2n) is 9.51. The molecule has 1 fully saturated rings. The van der Waals surface area contributed by atoms with Crippen molar-refractivity contribution in [1.82, 2.24) is 19.9 Å². The third-order valence-corrected chi connectivity index (χ3v) is 7.07. The molecule has 0 amide bonds. The molecule has 2 aromatic heterocycles. The Morgan fingerprint density at radius 3 is 2.70 bits per heavy atom. The highest BCUT2D eigenvalue weighted by Gasteiger charge is 2.32. The predicted octanol–water partition coefficient (Wildman–Crippen LogP) is 4.62. The van der Waals surface area contributed by atoms with Crippen molar-refractivity contribution in [2.45, 2.75) is 83.8 Å². The zero-order valence-electron chi connectivity index (χ0n) is 19.9. The van der Waals surface area contributed by atoms with Gasteiger partial charge in [0.15, 0.2) is 11.7 Å². The van der Waals surface area contributed by atoms with E-state index in [-0.39, 0.29) is 11.4 Å². The number of amidine groups is 1. The lowest BCUT2D eigenvalue weighted by Crippen LogP contribution is -2.46. The van der Waals surface area contributed by atoms with Crippen LogP contribution in [0.5, 0.6) is 0 Å². The van der Waals surface area contributed by atoms with Gasteiger partial charge in [0, 0.05) is 52.9 Å². The van der Waals surface area contributed by atoms with Gasteiger partial charge in [0.2, 0.25) is 0 Å². The molecule has 3 atom stereocenters. The number of aromatic amines is 2. The average Bonchev–Trinajstić information content (AvgIpc) is 3.25. The van der Waals surface area contributed by atoms with Gasteiger partial charge in [-0.25, -0.2) is 4.98 Å². The van der Waals surface area contributed by atoms with E-state index < -0.39 is 0 Å². The van der Waals surface area contributed by atoms with E-state index in [9.17, 15) is 4.79 Å². The molecule has 5 N–H and O–H groups in total. The fourth-order valence-corrected chi connectivity index (χ4v) is 5.43. The molecule has 1 aliphatic heterocycles. The molecule has 0 aliphatic carbocycles. The maximum atomic E-state index is 12.9. The number of pyridine rings is 1. The molecular weight excluding hydrogens is 412 g/mol. The second kappa shape index (κ2) is 9.91. The lowest BCUT2D eigenvalue weighted by molar-refractivity contribution is 0.0496. The number of rotatable bonds is 8. The van der Waals surface area contributed by atoms with Gasteiger partial charge in [0.25, 0.3) is 5.56 Å². The SMILES string of the molecule is CCCCC(c1cccc2[nH]c(=O)c(Cc3cnc(C(=N)N)[nH]3)cc12)N1C(C)CCCC1C. The number of aromatic nitrogens is 3. The highest BCUT2D eigenvalue weighted by atomic mass is 16.1. The number of nitrogens with zero attached hydrogens (tertiary/aromatic N) is 2. The van der Waals surface area contributed by atoms with Crippen LogP contribution in [0.4, 0.5) is 0 Å². The Bertz CT molecular complexity index is 1170. The summed E-state index contributed by atoms with van der Waals surface area (Å²) >= 11 is 0. The zero-order valence-corrected chi connectivity index (χ0v) is 19.9. The highest BCUT2D eigenvalue weighted by Crippen LogP contribution is 2.38. The minimum atomic E-state index is -0.112. The molecule has 0 bridgehead atoms. The largest absolute Gasteiger partial charge is 0.381 e. The van der Waals surface area contributed by atoms with Crippen molar-refractivity contribution in [2.75, 3.05) is 0 Å². The molecule has 0 radical (unpaired) electrons. The van der Waals surface area contributed by atoms with Crippen molar-refractivity contribution in [2.24, 2.45) is 5.73 Å². The third kappa shape index (κ3) is 4.88. The summed E-state index contributed by atoms with van der Waals surface area (Å²) in [5.74, 6) is 0.218. The molecule has 176 valence electrons. The van der Waals surface area contributed by atoms with Crippen molar-refractivity contribution in [3.63, 3.8) is 0 Å². The molecular formula is C26H36N6O. The lowest BCUT2D eigenvalue weighted by Gasteiger charge is -2.45. The first-order chi connectivity index (χ1) is 15.9. The second-order valence-corrected chi connectivity index (χ2v) is 9.51. The molecule has 7 nitrogen and oxygen atoms in total. The van der Waals surface area contributed by atoms with Crippen molar-refractivity contribution < 1.29 is 0 Å². The molecule has 3 unspecified atom stereocenters. The van der Waals surface area contributed by atoms with Gasteiger partial charge in [0.1, 0.15) is 0 Å². The fourth-order valence-electron chi connectivity index (χ4n) is 5.43. The van der Waals surface area contributed by atoms with Crippen LogP contribution in [0.2, 0.25) is 0 Å². The Morgan fingerprint density at radius 2 is 2.03 bits per heavy atom. The van der Waals surface area contributed by atoms with Crippen LogP contribution >= 0.6 is 0 Å². The topological polar surface area (TPSA) is 115 Å². The standard InChI is InChI=1S/C26H36N6O/c1-4-5-12-23(32-16(2)8-6-9-17(32)3)20-10-7-11-22-21(20)14-18(26(33)31-22)13-19-15-29-25(30-19)24(27)28/h7,10-11,14-17,23H,4-6,8-9,12-13H2,1-3H3,(H3,27,28)(H,29,30)(H,31,33). The van der Waals surface area contributed by atoms with Gasteiger partial charge in [-0.1, -0.05) is 38.3 Å². The van der Waals surface area contributed by atoms with E-state index in [1.807, 2.05) is 6.07 Å². The molecule has 3 heterocycles. The molecule has 1 aliphatic rings. The van der Waals surface area contributed by atoms with Crippen molar-refractivity contribution >= 4 is 16.7 Å². The maximum Gasteiger partial charge on any atom is 0.252 e. The van der Waals surface area contributed by atoms with Crippen molar-refractivity contribution in [3.8, 4) is 0 Å². The van der Waals surface area contributed by atoms with Crippen molar-refractivity contribution in [1.29, 1.82) is 5.41 Å². The Hall–Kier alpha value is -2.93. The number of nitrogen functional groups attached to an aromatic ring is 1. The number of fused-ring (bicyclic) bond motifs is 1. The van der Waals surface area contributed by atoms with E-state index >= 15 is 0 Å². The van der Waals surface area contributed by atoms with Crippen LogP contribution in [0.1, 0.15) is 88.0 Å². The van der Waals surface area contributed by atoms with Gasteiger partial charge in [0.05, 0.1) is 0 Å².